The van der Waals surface area contributed by atoms with Crippen LogP contribution in [-0.4, -0.2) is 50.3 Å². The van der Waals surface area contributed by atoms with Gasteiger partial charge in [-0.2, -0.15) is 0 Å². The summed E-state index contributed by atoms with van der Waals surface area (Å²) in [6.45, 7) is 17.9. The highest BCUT2D eigenvalue weighted by atomic mass is 16.5. The highest BCUT2D eigenvalue weighted by Gasteiger charge is 2.04. The van der Waals surface area contributed by atoms with E-state index in [9.17, 15) is 19.2 Å². The third-order valence-corrected chi connectivity index (χ3v) is 3.06. The molecule has 0 spiro atoms. The molecule has 8 nitrogen and oxygen atoms in total. The average Bonchev–Trinajstić information content (AvgIpc) is 2.72. The smallest absolute Gasteiger partial charge is 0.333 e. The molecule has 0 saturated carbocycles. The predicted molar refractivity (Wildman–Crippen MR) is 112 cm³/mol. The van der Waals surface area contributed by atoms with E-state index in [0.717, 1.165) is 12.2 Å². The third kappa shape index (κ3) is 19.6. The van der Waals surface area contributed by atoms with Gasteiger partial charge in [-0.25, -0.2) is 19.2 Å². The Hall–Kier alpha value is -3.16. The Morgan fingerprint density at radius 3 is 1.10 bits per heavy atom. The van der Waals surface area contributed by atoms with Crippen LogP contribution in [0.5, 0.6) is 0 Å². The Labute approximate surface area is 178 Å². The SMILES string of the molecule is C=C(C)C(=O)OCCCCOC(=O)C(=C)C.C=CC(=O)OCCCCOC(=O)C=C. The van der Waals surface area contributed by atoms with Crippen molar-refractivity contribution in [2.45, 2.75) is 39.5 Å². The Bertz CT molecular complexity index is 565. The van der Waals surface area contributed by atoms with Crippen LogP contribution in [0, 0.1) is 0 Å². The second-order valence-corrected chi connectivity index (χ2v) is 5.99. The molecule has 0 aromatic rings. The van der Waals surface area contributed by atoms with Gasteiger partial charge in [0, 0.05) is 23.3 Å². The normalized spacial score (nSPS) is 9.13. The van der Waals surface area contributed by atoms with Gasteiger partial charge in [0.25, 0.3) is 0 Å². The topological polar surface area (TPSA) is 105 Å². The number of carbonyl (C=O) groups excluding carboxylic acids is 4. The van der Waals surface area contributed by atoms with Crippen molar-refractivity contribution < 1.29 is 38.1 Å². The number of unbranched alkanes of at least 4 members (excludes halogenated alkanes) is 2. The molecule has 8 heteroatoms. The third-order valence-electron chi connectivity index (χ3n) is 3.06. The molecular weight excluding hydrogens is 392 g/mol. The van der Waals surface area contributed by atoms with Crippen LogP contribution >= 0.6 is 0 Å². The number of hydrogen-bond donors (Lipinski definition) is 0. The van der Waals surface area contributed by atoms with Gasteiger partial charge < -0.3 is 18.9 Å². The first-order valence-electron chi connectivity index (χ1n) is 9.39. The molecular formula is C22H32O8. The molecule has 0 aromatic heterocycles. The maximum atomic E-state index is 11.0. The first-order valence-corrected chi connectivity index (χ1v) is 9.39. The minimum atomic E-state index is -0.437. The maximum absolute atomic E-state index is 11.0. The zero-order chi connectivity index (χ0) is 23.4. The molecule has 0 aliphatic carbocycles. The summed E-state index contributed by atoms with van der Waals surface area (Å²) in [5.74, 6) is -1.65. The lowest BCUT2D eigenvalue weighted by atomic mass is 10.3. The van der Waals surface area contributed by atoms with Crippen LogP contribution in [-0.2, 0) is 38.1 Å². The van der Waals surface area contributed by atoms with Crippen molar-refractivity contribution in [3.05, 3.63) is 49.6 Å². The highest BCUT2D eigenvalue weighted by molar-refractivity contribution is 5.87. The van der Waals surface area contributed by atoms with Gasteiger partial charge in [-0.1, -0.05) is 26.3 Å². The first-order chi connectivity index (χ1) is 14.1. The second-order valence-electron chi connectivity index (χ2n) is 5.99. The summed E-state index contributed by atoms with van der Waals surface area (Å²) in [5.41, 5.74) is 0.766. The van der Waals surface area contributed by atoms with Crippen molar-refractivity contribution in [3.8, 4) is 0 Å². The van der Waals surface area contributed by atoms with Gasteiger partial charge in [0.2, 0.25) is 0 Å². The quantitative estimate of drug-likeness (QED) is 0.181. The average molecular weight is 424 g/mol. The lowest BCUT2D eigenvalue weighted by Crippen LogP contribution is -2.09. The minimum Gasteiger partial charge on any atom is -0.463 e. The molecule has 0 aliphatic heterocycles. The van der Waals surface area contributed by atoms with Crippen molar-refractivity contribution in [3.63, 3.8) is 0 Å². The van der Waals surface area contributed by atoms with Gasteiger partial charge in [0.1, 0.15) is 0 Å². The fraction of sp³-hybridized carbons (Fsp3) is 0.455. The summed E-state index contributed by atoms with van der Waals surface area (Å²) in [5, 5.41) is 0. The number of carbonyl (C=O) groups is 4. The van der Waals surface area contributed by atoms with Gasteiger partial charge in [0.05, 0.1) is 26.4 Å². The zero-order valence-electron chi connectivity index (χ0n) is 17.9. The number of hydrogen-bond acceptors (Lipinski definition) is 8. The molecule has 0 rings (SSSR count). The Morgan fingerprint density at radius 1 is 0.600 bits per heavy atom. The second kappa shape index (κ2) is 19.2. The van der Waals surface area contributed by atoms with Crippen LogP contribution in [0.2, 0.25) is 0 Å². The van der Waals surface area contributed by atoms with Crippen molar-refractivity contribution in [2.24, 2.45) is 0 Å². The monoisotopic (exact) mass is 424 g/mol. The molecule has 0 aromatic carbocycles. The molecule has 0 saturated heterocycles. The lowest BCUT2D eigenvalue weighted by Gasteiger charge is -2.05. The maximum Gasteiger partial charge on any atom is 0.333 e. The molecule has 0 fully saturated rings. The highest BCUT2D eigenvalue weighted by Crippen LogP contribution is 1.98. The molecule has 0 amide bonds. The van der Waals surface area contributed by atoms with Crippen molar-refractivity contribution in [1.82, 2.24) is 0 Å². The van der Waals surface area contributed by atoms with E-state index < -0.39 is 11.9 Å². The predicted octanol–water partition coefficient (Wildman–Crippen LogP) is 3.23. The molecule has 0 heterocycles. The van der Waals surface area contributed by atoms with Gasteiger partial charge in [-0.3, -0.25) is 0 Å². The van der Waals surface area contributed by atoms with E-state index in [1.165, 1.54) is 0 Å². The summed E-state index contributed by atoms with van der Waals surface area (Å²) in [7, 11) is 0. The molecule has 0 bridgehead atoms. The van der Waals surface area contributed by atoms with Crippen molar-refractivity contribution in [1.29, 1.82) is 0 Å². The van der Waals surface area contributed by atoms with Crippen LogP contribution in [0.4, 0.5) is 0 Å². The summed E-state index contributed by atoms with van der Waals surface area (Å²) < 4.78 is 19.1. The zero-order valence-corrected chi connectivity index (χ0v) is 17.9. The summed E-state index contributed by atoms with van der Waals surface area (Å²) in [6, 6.07) is 0. The van der Waals surface area contributed by atoms with Gasteiger partial charge >= 0.3 is 23.9 Å². The number of esters is 4. The summed E-state index contributed by atoms with van der Waals surface area (Å²) in [4.78, 5) is 43.0. The van der Waals surface area contributed by atoms with E-state index in [-0.39, 0.29) is 11.9 Å². The molecule has 0 radical (unpaired) electrons. The van der Waals surface area contributed by atoms with Crippen molar-refractivity contribution in [2.75, 3.05) is 26.4 Å². The molecule has 0 unspecified atom stereocenters. The largest absolute Gasteiger partial charge is 0.463 e. The van der Waals surface area contributed by atoms with E-state index in [1.807, 2.05) is 0 Å². The molecule has 0 aliphatic rings. The Morgan fingerprint density at radius 2 is 0.867 bits per heavy atom. The van der Waals surface area contributed by atoms with E-state index in [0.29, 0.717) is 63.3 Å². The molecule has 168 valence electrons. The van der Waals surface area contributed by atoms with E-state index in [2.05, 4.69) is 26.3 Å². The van der Waals surface area contributed by atoms with Crippen LogP contribution in [0.3, 0.4) is 0 Å². The minimum absolute atomic E-state index is 0.316. The fourth-order valence-corrected chi connectivity index (χ4v) is 1.45. The molecule has 30 heavy (non-hydrogen) atoms. The van der Waals surface area contributed by atoms with Crippen LogP contribution in [0.1, 0.15) is 39.5 Å². The van der Waals surface area contributed by atoms with E-state index >= 15 is 0 Å². The van der Waals surface area contributed by atoms with E-state index in [4.69, 9.17) is 18.9 Å². The first kappa shape index (κ1) is 29.0. The van der Waals surface area contributed by atoms with Crippen LogP contribution in [0.15, 0.2) is 49.6 Å². The Balaban J connectivity index is 0. The molecule has 0 atom stereocenters. The van der Waals surface area contributed by atoms with Gasteiger partial charge in [0.15, 0.2) is 0 Å². The Kier molecular flexibility index (Phi) is 18.6. The van der Waals surface area contributed by atoms with Crippen LogP contribution < -0.4 is 0 Å². The fourth-order valence-electron chi connectivity index (χ4n) is 1.45. The van der Waals surface area contributed by atoms with Crippen molar-refractivity contribution >= 4 is 23.9 Å². The van der Waals surface area contributed by atoms with E-state index in [1.54, 1.807) is 13.8 Å². The standard InChI is InChI=1S/C12H18O4.C10H14O4/c1-9(2)11(13)15-7-5-6-8-16-12(14)10(3)4;1-3-9(11)13-7-5-6-8-14-10(12)4-2/h1,3,5-8H2,2,4H3;3-4H,1-2,5-8H2. The number of rotatable bonds is 14. The lowest BCUT2D eigenvalue weighted by molar-refractivity contribution is -0.141. The van der Waals surface area contributed by atoms with Gasteiger partial charge in [-0.15, -0.1) is 0 Å². The van der Waals surface area contributed by atoms with Gasteiger partial charge in [-0.05, 0) is 39.5 Å². The summed E-state index contributed by atoms with van der Waals surface area (Å²) >= 11 is 0. The summed E-state index contributed by atoms with van der Waals surface area (Å²) in [6.07, 6.45) is 4.84. The van der Waals surface area contributed by atoms with Crippen LogP contribution in [0.25, 0.3) is 0 Å². The molecule has 0 N–H and O–H groups in total. The number of ether oxygens (including phenoxy) is 4.